The van der Waals surface area contributed by atoms with Gasteiger partial charge in [0.25, 0.3) is 5.91 Å². The van der Waals surface area contributed by atoms with Crippen LogP contribution in [0.15, 0.2) is 41.5 Å². The Balaban J connectivity index is 2.15. The fraction of sp³-hybridized carbons (Fsp3) is 0.286. The van der Waals surface area contributed by atoms with Crippen LogP contribution in [0.25, 0.3) is 0 Å². The van der Waals surface area contributed by atoms with Crippen LogP contribution in [0, 0.1) is 12.3 Å². The van der Waals surface area contributed by atoms with E-state index in [9.17, 15) is 9.59 Å². The molecule has 0 fully saturated rings. The summed E-state index contributed by atoms with van der Waals surface area (Å²) in [5, 5.41) is 10.9. The van der Waals surface area contributed by atoms with Gasteiger partial charge in [0, 0.05) is 38.3 Å². The van der Waals surface area contributed by atoms with Crippen molar-refractivity contribution in [2.45, 2.75) is 27.2 Å². The number of amides is 1. The minimum absolute atomic E-state index is 0.0618. The predicted octanol–water partition coefficient (Wildman–Crippen LogP) is 3.34. The molecule has 0 unspecified atom stereocenters. The van der Waals surface area contributed by atoms with Crippen molar-refractivity contribution in [3.63, 3.8) is 0 Å². The number of anilines is 1. The summed E-state index contributed by atoms with van der Waals surface area (Å²) in [6.45, 7) is 6.32. The van der Waals surface area contributed by atoms with Crippen LogP contribution in [0.5, 0.6) is 0 Å². The summed E-state index contributed by atoms with van der Waals surface area (Å²) in [6, 6.07) is 10.9. The summed E-state index contributed by atoms with van der Waals surface area (Å²) in [6.07, 6.45) is 2.91. The lowest BCUT2D eigenvalue weighted by Gasteiger charge is -2.22. The molecule has 7 nitrogen and oxygen atoms in total. The van der Waals surface area contributed by atoms with E-state index >= 15 is 0 Å². The van der Waals surface area contributed by atoms with Crippen molar-refractivity contribution >= 4 is 29.8 Å². The Morgan fingerprint density at radius 1 is 1.25 bits per heavy atom. The molecule has 0 saturated heterocycles. The van der Waals surface area contributed by atoms with Gasteiger partial charge in [-0.25, -0.2) is 4.98 Å². The number of ketones is 1. The van der Waals surface area contributed by atoms with Crippen LogP contribution in [0.1, 0.15) is 46.0 Å². The van der Waals surface area contributed by atoms with Gasteiger partial charge in [0.15, 0.2) is 5.78 Å². The number of rotatable bonds is 9. The highest BCUT2D eigenvalue weighted by atomic mass is 16.2. The Hall–Kier alpha value is -3.35. The van der Waals surface area contributed by atoms with Crippen molar-refractivity contribution < 1.29 is 9.59 Å². The van der Waals surface area contributed by atoms with Crippen LogP contribution < -0.4 is 5.43 Å². The number of para-hydroxylation sites is 1. The molecule has 2 aromatic rings. The molecule has 146 valence electrons. The molecule has 1 amide bonds. The lowest BCUT2D eigenvalue weighted by Crippen LogP contribution is -2.33. The van der Waals surface area contributed by atoms with Crippen LogP contribution in [-0.2, 0) is 6.42 Å². The van der Waals surface area contributed by atoms with Crippen molar-refractivity contribution in [3.8, 4) is 0 Å². The lowest BCUT2D eigenvalue weighted by atomic mass is 10.1. The quantitative estimate of drug-likeness (QED) is 0.396. The number of nitrogens with one attached hydrogen (secondary N) is 2. The Morgan fingerprint density at radius 3 is 2.68 bits per heavy atom. The first-order valence-corrected chi connectivity index (χ1v) is 9.11. The van der Waals surface area contributed by atoms with E-state index in [0.29, 0.717) is 36.5 Å². The maximum Gasteiger partial charge on any atom is 0.256 e. The standard InChI is InChI=1S/C21H25N5O2/c1-4-26(14-11-17-10-9-15(2)20(24-17)16(3)27)21(28)18-7-5-6-8-19(18)25-23-13-12-22/h5-10,12-13,22,25H,4,11,14H2,1-3H3/b22-12?,23-13-. The highest BCUT2D eigenvalue weighted by Crippen LogP contribution is 2.18. The van der Waals surface area contributed by atoms with Crippen molar-refractivity contribution in [1.82, 2.24) is 9.88 Å². The number of hydrogen-bond donors (Lipinski definition) is 2. The van der Waals surface area contributed by atoms with Crippen molar-refractivity contribution in [3.05, 3.63) is 58.9 Å². The SMILES string of the molecule is CCN(CCc1ccc(C)c(C(C)=O)n1)C(=O)c1ccccc1N/N=C\C=N. The minimum atomic E-state index is -0.116. The first-order chi connectivity index (χ1) is 13.5. The molecule has 28 heavy (non-hydrogen) atoms. The average Bonchev–Trinajstić information content (AvgIpc) is 2.69. The number of pyridine rings is 1. The summed E-state index contributed by atoms with van der Waals surface area (Å²) < 4.78 is 0. The van der Waals surface area contributed by atoms with Gasteiger partial charge in [-0.3, -0.25) is 15.0 Å². The zero-order valence-corrected chi connectivity index (χ0v) is 16.4. The van der Waals surface area contributed by atoms with Crippen molar-refractivity contribution in [2.24, 2.45) is 5.10 Å². The highest BCUT2D eigenvalue weighted by Gasteiger charge is 2.18. The average molecular weight is 379 g/mol. The normalized spacial score (nSPS) is 10.7. The molecule has 1 aromatic carbocycles. The smallest absolute Gasteiger partial charge is 0.256 e. The number of hydrogen-bond acceptors (Lipinski definition) is 6. The minimum Gasteiger partial charge on any atom is -0.338 e. The number of aromatic nitrogens is 1. The number of nitrogens with zero attached hydrogens (tertiary/aromatic N) is 3. The second kappa shape index (κ2) is 10.1. The third kappa shape index (κ3) is 5.33. The fourth-order valence-corrected chi connectivity index (χ4v) is 2.80. The van der Waals surface area contributed by atoms with Crippen molar-refractivity contribution in [1.29, 1.82) is 5.41 Å². The molecule has 0 aliphatic rings. The van der Waals surface area contributed by atoms with E-state index in [1.807, 2.05) is 32.0 Å². The second-order valence-corrected chi connectivity index (χ2v) is 6.26. The first kappa shape index (κ1) is 21.0. The van der Waals surface area contributed by atoms with Gasteiger partial charge in [-0.15, -0.1) is 0 Å². The molecule has 2 N–H and O–H groups in total. The lowest BCUT2D eigenvalue weighted by molar-refractivity contribution is 0.0766. The molecule has 7 heteroatoms. The molecule has 0 aliphatic carbocycles. The van der Waals surface area contributed by atoms with E-state index in [0.717, 1.165) is 17.5 Å². The van der Waals surface area contributed by atoms with Crippen LogP contribution >= 0.6 is 0 Å². The van der Waals surface area contributed by atoms with Crippen LogP contribution in [-0.4, -0.2) is 47.1 Å². The molecule has 0 radical (unpaired) electrons. The van der Waals surface area contributed by atoms with Gasteiger partial charge in [0.2, 0.25) is 0 Å². The predicted molar refractivity (Wildman–Crippen MR) is 112 cm³/mol. The Morgan fingerprint density at radius 2 is 2.00 bits per heavy atom. The highest BCUT2D eigenvalue weighted by molar-refractivity contribution is 6.14. The monoisotopic (exact) mass is 379 g/mol. The largest absolute Gasteiger partial charge is 0.338 e. The summed E-state index contributed by atoms with van der Waals surface area (Å²) in [7, 11) is 0. The van der Waals surface area contributed by atoms with Gasteiger partial charge in [-0.2, -0.15) is 5.10 Å². The van der Waals surface area contributed by atoms with E-state index in [2.05, 4.69) is 15.5 Å². The van der Waals surface area contributed by atoms with Crippen LogP contribution in [0.4, 0.5) is 5.69 Å². The Kier molecular flexibility index (Phi) is 7.56. The molecule has 0 atom stereocenters. The van der Waals surface area contributed by atoms with Crippen LogP contribution in [0.2, 0.25) is 0 Å². The Bertz CT molecular complexity index is 892. The second-order valence-electron chi connectivity index (χ2n) is 6.26. The van der Waals surface area contributed by atoms with Gasteiger partial charge in [0.1, 0.15) is 5.69 Å². The van der Waals surface area contributed by atoms with E-state index < -0.39 is 0 Å². The van der Waals surface area contributed by atoms with Crippen molar-refractivity contribution in [2.75, 3.05) is 18.5 Å². The molecular formula is C21H25N5O2. The van der Waals surface area contributed by atoms with Gasteiger partial charge in [0.05, 0.1) is 17.5 Å². The Labute approximate surface area is 165 Å². The molecular weight excluding hydrogens is 354 g/mol. The topological polar surface area (TPSA) is 98.5 Å². The number of hydrazone groups is 1. The van der Waals surface area contributed by atoms with Gasteiger partial charge >= 0.3 is 0 Å². The number of likely N-dealkylation sites (N-methyl/N-ethyl adjacent to an activating group) is 1. The molecule has 1 heterocycles. The summed E-state index contributed by atoms with van der Waals surface area (Å²) >= 11 is 0. The molecule has 0 spiro atoms. The van der Waals surface area contributed by atoms with E-state index in [-0.39, 0.29) is 11.7 Å². The molecule has 0 bridgehead atoms. The third-order valence-corrected chi connectivity index (χ3v) is 4.29. The number of carbonyl (C=O) groups is 2. The molecule has 0 aliphatic heterocycles. The van der Waals surface area contributed by atoms with Crippen LogP contribution in [0.3, 0.4) is 0 Å². The molecule has 1 aromatic heterocycles. The van der Waals surface area contributed by atoms with Gasteiger partial charge < -0.3 is 10.3 Å². The third-order valence-electron chi connectivity index (χ3n) is 4.29. The summed E-state index contributed by atoms with van der Waals surface area (Å²) in [4.78, 5) is 30.9. The van der Waals surface area contributed by atoms with Gasteiger partial charge in [-0.05, 0) is 37.6 Å². The van der Waals surface area contributed by atoms with Gasteiger partial charge in [-0.1, -0.05) is 18.2 Å². The number of Topliss-reactive ketones (excluding diaryl/α,β-unsaturated/α-hetero) is 1. The summed E-state index contributed by atoms with van der Waals surface area (Å²) in [5.74, 6) is -0.178. The summed E-state index contributed by atoms with van der Waals surface area (Å²) in [5.41, 5.74) is 5.99. The first-order valence-electron chi connectivity index (χ1n) is 9.11. The number of carbonyl (C=O) groups excluding carboxylic acids is 2. The van der Waals surface area contributed by atoms with E-state index in [4.69, 9.17) is 5.41 Å². The molecule has 2 rings (SSSR count). The number of benzene rings is 1. The van der Waals surface area contributed by atoms with E-state index in [1.165, 1.54) is 13.1 Å². The zero-order chi connectivity index (χ0) is 20.5. The number of aryl methyl sites for hydroxylation is 1. The molecule has 0 saturated carbocycles. The fourth-order valence-electron chi connectivity index (χ4n) is 2.80. The van der Waals surface area contributed by atoms with E-state index in [1.54, 1.807) is 23.1 Å². The zero-order valence-electron chi connectivity index (χ0n) is 16.4. The maximum atomic E-state index is 13.0. The maximum absolute atomic E-state index is 13.0.